The molecule has 2 aromatic rings. The maximum absolute atomic E-state index is 11.0. The van der Waals surface area contributed by atoms with E-state index in [1.807, 2.05) is 6.07 Å². The molecule has 0 amide bonds. The van der Waals surface area contributed by atoms with Crippen molar-refractivity contribution in [1.29, 1.82) is 0 Å². The minimum Gasteiger partial charge on any atom is -0.496 e. The lowest BCUT2D eigenvalue weighted by Crippen LogP contribution is -2.53. The number of carboxylic acid groups (broad SMARTS) is 1. The van der Waals surface area contributed by atoms with Gasteiger partial charge in [0.15, 0.2) is 0 Å². The van der Waals surface area contributed by atoms with Crippen LogP contribution in [-0.4, -0.2) is 57.9 Å². The van der Waals surface area contributed by atoms with Gasteiger partial charge in [0.2, 0.25) is 0 Å². The molecule has 1 fully saturated rings. The van der Waals surface area contributed by atoms with Gasteiger partial charge in [0.1, 0.15) is 30.2 Å². The Bertz CT molecular complexity index is 818. The van der Waals surface area contributed by atoms with E-state index in [0.29, 0.717) is 16.9 Å². The van der Waals surface area contributed by atoms with E-state index in [2.05, 4.69) is 0 Å². The number of benzene rings is 2. The van der Waals surface area contributed by atoms with Gasteiger partial charge in [-0.3, -0.25) is 0 Å². The van der Waals surface area contributed by atoms with Crippen LogP contribution in [0.1, 0.15) is 28.9 Å². The quantitative estimate of drug-likeness (QED) is 0.642. The van der Waals surface area contributed by atoms with Gasteiger partial charge in [-0.2, -0.15) is 0 Å². The van der Waals surface area contributed by atoms with Gasteiger partial charge in [0.05, 0.1) is 18.8 Å². The normalized spacial score (nSPS) is 28.0. The molecule has 27 heavy (non-hydrogen) atoms. The van der Waals surface area contributed by atoms with Crippen LogP contribution in [0.25, 0.3) is 11.1 Å². The van der Waals surface area contributed by atoms with Crippen molar-refractivity contribution in [2.75, 3.05) is 7.11 Å². The first-order valence-electron chi connectivity index (χ1n) is 8.55. The summed E-state index contributed by atoms with van der Waals surface area (Å²) in [5, 5.41) is 39.5. The number of hydrogen-bond donors (Lipinski definition) is 4. The van der Waals surface area contributed by atoms with Crippen molar-refractivity contribution in [1.82, 2.24) is 0 Å². The molecular formula is C20H22O7. The average molecular weight is 374 g/mol. The monoisotopic (exact) mass is 374 g/mol. The lowest BCUT2D eigenvalue weighted by molar-refractivity contribution is -0.219. The Labute approximate surface area is 156 Å². The van der Waals surface area contributed by atoms with Crippen LogP contribution in [0.2, 0.25) is 0 Å². The van der Waals surface area contributed by atoms with Crippen molar-refractivity contribution in [3.63, 3.8) is 0 Å². The third kappa shape index (κ3) is 3.54. The summed E-state index contributed by atoms with van der Waals surface area (Å²) in [6, 6.07) is 11.6. The molecule has 1 saturated heterocycles. The highest BCUT2D eigenvalue weighted by atomic mass is 16.5. The molecule has 0 aromatic heterocycles. The SMILES string of the molecule is COc1c(-c2ccc(C(=O)O)cc2)cccc1[C@H]1O[C@@H](C)[C@@H](O)[C@@H](O)[C@@H]1O. The molecule has 1 aliphatic rings. The zero-order chi connectivity index (χ0) is 19.7. The van der Waals surface area contributed by atoms with Crippen molar-refractivity contribution in [3.05, 3.63) is 53.6 Å². The molecule has 0 aliphatic carbocycles. The van der Waals surface area contributed by atoms with Gasteiger partial charge < -0.3 is 29.9 Å². The number of para-hydroxylation sites is 1. The molecule has 4 N–H and O–H groups in total. The molecule has 7 heteroatoms. The molecule has 144 valence electrons. The molecule has 0 unspecified atom stereocenters. The number of aromatic carboxylic acids is 1. The fourth-order valence-electron chi connectivity index (χ4n) is 3.33. The molecule has 5 atom stereocenters. The second kappa shape index (κ2) is 7.66. The first-order chi connectivity index (χ1) is 12.8. The molecule has 0 spiro atoms. The summed E-state index contributed by atoms with van der Waals surface area (Å²) in [4.78, 5) is 11.0. The predicted molar refractivity (Wildman–Crippen MR) is 96.7 cm³/mol. The van der Waals surface area contributed by atoms with E-state index in [0.717, 1.165) is 5.56 Å². The largest absolute Gasteiger partial charge is 0.496 e. The molecule has 1 aliphatic heterocycles. The molecule has 7 nitrogen and oxygen atoms in total. The number of carbonyl (C=O) groups is 1. The Hall–Kier alpha value is -2.45. The van der Waals surface area contributed by atoms with Crippen LogP contribution in [0.3, 0.4) is 0 Å². The van der Waals surface area contributed by atoms with Gasteiger partial charge in [-0.05, 0) is 24.6 Å². The second-order valence-electron chi connectivity index (χ2n) is 6.54. The summed E-state index contributed by atoms with van der Waals surface area (Å²) < 4.78 is 11.3. The molecule has 2 aromatic carbocycles. The molecule has 0 radical (unpaired) electrons. The third-order valence-electron chi connectivity index (χ3n) is 4.85. The van der Waals surface area contributed by atoms with Gasteiger partial charge >= 0.3 is 5.97 Å². The summed E-state index contributed by atoms with van der Waals surface area (Å²) in [7, 11) is 1.48. The molecular weight excluding hydrogens is 352 g/mol. The van der Waals surface area contributed by atoms with Crippen LogP contribution in [0.5, 0.6) is 5.75 Å². The van der Waals surface area contributed by atoms with Gasteiger partial charge in [-0.25, -0.2) is 4.79 Å². The standard InChI is InChI=1S/C20H22O7/c1-10-15(21)16(22)17(23)19(27-10)14-5-3-4-13(18(14)26-2)11-6-8-12(9-7-11)20(24)25/h3-10,15-17,19,21-23H,1-2H3,(H,24,25)/t10-,15+,16+,17-,19+/m0/s1. The fraction of sp³-hybridized carbons (Fsp3) is 0.350. The van der Waals surface area contributed by atoms with E-state index in [1.54, 1.807) is 31.2 Å². The van der Waals surface area contributed by atoms with Crippen molar-refractivity contribution in [2.45, 2.75) is 37.4 Å². The molecule has 0 saturated carbocycles. The number of carboxylic acids is 1. The number of aliphatic hydroxyl groups excluding tert-OH is 3. The Morgan fingerprint density at radius 1 is 1.00 bits per heavy atom. The second-order valence-corrected chi connectivity index (χ2v) is 6.54. The summed E-state index contributed by atoms with van der Waals surface area (Å²) in [5.74, 6) is -0.567. The molecule has 1 heterocycles. The van der Waals surface area contributed by atoms with E-state index in [4.69, 9.17) is 14.6 Å². The number of aliphatic hydroxyl groups is 3. The first-order valence-corrected chi connectivity index (χ1v) is 8.55. The average Bonchev–Trinajstić information content (AvgIpc) is 2.68. The highest BCUT2D eigenvalue weighted by molar-refractivity contribution is 5.88. The van der Waals surface area contributed by atoms with Crippen LogP contribution in [0.15, 0.2) is 42.5 Å². The van der Waals surface area contributed by atoms with E-state index >= 15 is 0 Å². The van der Waals surface area contributed by atoms with Crippen molar-refractivity contribution < 1.29 is 34.7 Å². The van der Waals surface area contributed by atoms with Crippen molar-refractivity contribution >= 4 is 5.97 Å². The first kappa shape index (κ1) is 19.3. The minimum atomic E-state index is -1.35. The zero-order valence-corrected chi connectivity index (χ0v) is 14.9. The maximum atomic E-state index is 11.0. The lowest BCUT2D eigenvalue weighted by Gasteiger charge is -2.40. The van der Waals surface area contributed by atoms with Crippen LogP contribution < -0.4 is 4.74 Å². The predicted octanol–water partition coefficient (Wildman–Crippen LogP) is 1.60. The Morgan fingerprint density at radius 3 is 2.26 bits per heavy atom. The van der Waals surface area contributed by atoms with Gasteiger partial charge in [0.25, 0.3) is 0 Å². The minimum absolute atomic E-state index is 0.172. The van der Waals surface area contributed by atoms with Gasteiger partial charge in [0, 0.05) is 11.1 Å². The number of ether oxygens (including phenoxy) is 2. The Kier molecular flexibility index (Phi) is 5.48. The van der Waals surface area contributed by atoms with Crippen LogP contribution in [-0.2, 0) is 4.74 Å². The Morgan fingerprint density at radius 2 is 1.67 bits per heavy atom. The van der Waals surface area contributed by atoms with Crippen molar-refractivity contribution in [3.8, 4) is 16.9 Å². The van der Waals surface area contributed by atoms with Crippen LogP contribution >= 0.6 is 0 Å². The van der Waals surface area contributed by atoms with Gasteiger partial charge in [-0.1, -0.05) is 30.3 Å². The van der Waals surface area contributed by atoms with Crippen LogP contribution in [0.4, 0.5) is 0 Å². The van der Waals surface area contributed by atoms with Crippen LogP contribution in [0, 0.1) is 0 Å². The smallest absolute Gasteiger partial charge is 0.335 e. The number of methoxy groups -OCH3 is 1. The lowest BCUT2D eigenvalue weighted by atomic mass is 9.89. The molecule has 0 bridgehead atoms. The highest BCUT2D eigenvalue weighted by Crippen LogP contribution is 2.41. The highest BCUT2D eigenvalue weighted by Gasteiger charge is 2.43. The van der Waals surface area contributed by atoms with E-state index in [9.17, 15) is 20.1 Å². The summed E-state index contributed by atoms with van der Waals surface area (Å²) in [6.45, 7) is 1.62. The Balaban J connectivity index is 2.03. The maximum Gasteiger partial charge on any atom is 0.335 e. The van der Waals surface area contributed by atoms with E-state index in [1.165, 1.54) is 19.2 Å². The van der Waals surface area contributed by atoms with Gasteiger partial charge in [-0.15, -0.1) is 0 Å². The fourth-order valence-corrected chi connectivity index (χ4v) is 3.33. The number of rotatable bonds is 4. The van der Waals surface area contributed by atoms with Crippen molar-refractivity contribution in [2.24, 2.45) is 0 Å². The third-order valence-corrected chi connectivity index (χ3v) is 4.85. The van der Waals surface area contributed by atoms with E-state index < -0.39 is 36.5 Å². The number of hydrogen-bond acceptors (Lipinski definition) is 6. The zero-order valence-electron chi connectivity index (χ0n) is 14.9. The summed E-state index contributed by atoms with van der Waals surface area (Å²) in [5.41, 5.74) is 2.13. The summed E-state index contributed by atoms with van der Waals surface area (Å²) >= 11 is 0. The summed E-state index contributed by atoms with van der Waals surface area (Å²) in [6.07, 6.45) is -5.41. The topological polar surface area (TPSA) is 116 Å². The molecule has 3 rings (SSSR count). The van der Waals surface area contributed by atoms with E-state index in [-0.39, 0.29) is 5.56 Å².